The van der Waals surface area contributed by atoms with E-state index in [1.807, 2.05) is 0 Å². The Balaban J connectivity index is 2.68. The molecule has 20 heavy (non-hydrogen) atoms. The number of nitrogens with one attached hydrogen (secondary N) is 1. The number of benzene rings is 1. The summed E-state index contributed by atoms with van der Waals surface area (Å²) < 4.78 is 15.6. The number of aromatic amines is 1. The van der Waals surface area contributed by atoms with Gasteiger partial charge in [-0.1, -0.05) is 0 Å². The molecular formula is C13H14N2O5. The first kappa shape index (κ1) is 13.7. The molecule has 0 unspecified atom stereocenters. The van der Waals surface area contributed by atoms with Crippen LogP contribution in [0.3, 0.4) is 0 Å². The molecule has 7 nitrogen and oxygen atoms in total. The molecule has 0 saturated heterocycles. The molecule has 0 spiro atoms. The van der Waals surface area contributed by atoms with E-state index in [4.69, 9.17) is 14.2 Å². The van der Waals surface area contributed by atoms with E-state index in [1.54, 1.807) is 12.1 Å². The van der Waals surface area contributed by atoms with E-state index in [2.05, 4.69) is 9.97 Å². The molecule has 2 N–H and O–H groups in total. The minimum atomic E-state index is -0.468. The van der Waals surface area contributed by atoms with E-state index in [0.29, 0.717) is 22.8 Å². The number of H-pyrrole nitrogens is 1. The maximum Gasteiger partial charge on any atom is 0.254 e. The smallest absolute Gasteiger partial charge is 0.254 e. The van der Waals surface area contributed by atoms with Crippen LogP contribution in [0.4, 0.5) is 0 Å². The number of rotatable bonds is 4. The quantitative estimate of drug-likeness (QED) is 0.872. The van der Waals surface area contributed by atoms with Crippen molar-refractivity contribution in [3.63, 3.8) is 0 Å². The van der Waals surface area contributed by atoms with E-state index in [9.17, 15) is 9.90 Å². The predicted octanol–water partition coefficient (Wildman–Crippen LogP) is 1.17. The van der Waals surface area contributed by atoms with Gasteiger partial charge in [-0.25, -0.2) is 0 Å². The van der Waals surface area contributed by atoms with Gasteiger partial charge in [0, 0.05) is 6.07 Å². The summed E-state index contributed by atoms with van der Waals surface area (Å²) in [5.41, 5.74) is 0.00230. The molecule has 0 aliphatic rings. The van der Waals surface area contributed by atoms with Crippen LogP contribution in [0.2, 0.25) is 0 Å². The van der Waals surface area contributed by atoms with Crippen LogP contribution in [-0.2, 0) is 0 Å². The van der Waals surface area contributed by atoms with Crippen molar-refractivity contribution in [3.8, 4) is 34.5 Å². The van der Waals surface area contributed by atoms with Gasteiger partial charge in [-0.15, -0.1) is 0 Å². The van der Waals surface area contributed by atoms with Gasteiger partial charge in [-0.05, 0) is 6.07 Å². The number of hydrogen-bond donors (Lipinski definition) is 2. The third-order valence-corrected chi connectivity index (χ3v) is 2.69. The van der Waals surface area contributed by atoms with Crippen molar-refractivity contribution >= 4 is 0 Å². The van der Waals surface area contributed by atoms with E-state index in [-0.39, 0.29) is 11.7 Å². The molecule has 0 amide bonds. The summed E-state index contributed by atoms with van der Waals surface area (Å²) in [5.74, 6) is 1.16. The van der Waals surface area contributed by atoms with E-state index >= 15 is 0 Å². The highest BCUT2D eigenvalue weighted by Gasteiger charge is 2.15. The molecule has 2 rings (SSSR count). The van der Waals surface area contributed by atoms with Crippen LogP contribution in [0.25, 0.3) is 11.4 Å². The summed E-state index contributed by atoms with van der Waals surface area (Å²) >= 11 is 0. The zero-order chi connectivity index (χ0) is 14.7. The summed E-state index contributed by atoms with van der Waals surface area (Å²) in [6.45, 7) is 0. The van der Waals surface area contributed by atoms with Gasteiger partial charge < -0.3 is 24.3 Å². The number of aromatic nitrogens is 2. The lowest BCUT2D eigenvalue weighted by atomic mass is 10.1. The van der Waals surface area contributed by atoms with Crippen molar-refractivity contribution in [1.82, 2.24) is 9.97 Å². The number of methoxy groups -OCH3 is 3. The highest BCUT2D eigenvalue weighted by Crippen LogP contribution is 2.38. The molecule has 7 heteroatoms. The molecule has 0 atom stereocenters. The first-order valence-corrected chi connectivity index (χ1v) is 5.69. The van der Waals surface area contributed by atoms with Crippen molar-refractivity contribution in [2.24, 2.45) is 0 Å². The molecule has 1 heterocycles. The Labute approximate surface area is 114 Å². The van der Waals surface area contributed by atoms with Crippen LogP contribution < -0.4 is 19.8 Å². The lowest BCUT2D eigenvalue weighted by molar-refractivity contribution is 0.349. The van der Waals surface area contributed by atoms with Crippen molar-refractivity contribution in [2.45, 2.75) is 0 Å². The minimum Gasteiger partial charge on any atom is -0.496 e. The Morgan fingerprint density at radius 2 is 1.60 bits per heavy atom. The highest BCUT2D eigenvalue weighted by atomic mass is 16.5. The fourth-order valence-corrected chi connectivity index (χ4v) is 1.79. The zero-order valence-electron chi connectivity index (χ0n) is 11.3. The molecule has 1 aromatic heterocycles. The first-order chi connectivity index (χ1) is 9.58. The Bertz CT molecular complexity index is 681. The number of ether oxygens (including phenoxy) is 3. The fourth-order valence-electron chi connectivity index (χ4n) is 1.79. The Morgan fingerprint density at radius 3 is 2.15 bits per heavy atom. The highest BCUT2D eigenvalue weighted by molar-refractivity contribution is 5.69. The van der Waals surface area contributed by atoms with Gasteiger partial charge in [-0.3, -0.25) is 4.79 Å². The van der Waals surface area contributed by atoms with Crippen LogP contribution in [0, 0.1) is 0 Å². The maximum atomic E-state index is 11.4. The summed E-state index contributed by atoms with van der Waals surface area (Å²) in [6, 6.07) is 4.20. The molecule has 0 radical (unpaired) electrons. The Kier molecular flexibility index (Phi) is 3.79. The second kappa shape index (κ2) is 5.52. The van der Waals surface area contributed by atoms with Gasteiger partial charge in [0.15, 0.2) is 11.5 Å². The molecule has 2 aromatic rings. The van der Waals surface area contributed by atoms with Crippen LogP contribution >= 0.6 is 0 Å². The normalized spacial score (nSPS) is 10.2. The molecule has 0 saturated carbocycles. The third kappa shape index (κ3) is 2.51. The number of hydrogen-bond acceptors (Lipinski definition) is 6. The molecule has 1 aromatic carbocycles. The van der Waals surface area contributed by atoms with Crippen LogP contribution in [0.5, 0.6) is 23.1 Å². The van der Waals surface area contributed by atoms with Gasteiger partial charge in [0.1, 0.15) is 11.6 Å². The van der Waals surface area contributed by atoms with Crippen LogP contribution in [0.15, 0.2) is 23.0 Å². The van der Waals surface area contributed by atoms with Crippen molar-refractivity contribution < 1.29 is 19.3 Å². The molecule has 0 bridgehead atoms. The second-order valence-electron chi connectivity index (χ2n) is 3.86. The minimum absolute atomic E-state index is 0.174. The Morgan fingerprint density at radius 1 is 1.00 bits per heavy atom. The SMILES string of the molecule is COc1cc(OC)c(-c2nc(O)cc(=O)[nH]2)cc1OC. The monoisotopic (exact) mass is 278 g/mol. The fraction of sp³-hybridized carbons (Fsp3) is 0.231. The van der Waals surface area contributed by atoms with Crippen molar-refractivity contribution in [1.29, 1.82) is 0 Å². The lowest BCUT2D eigenvalue weighted by Gasteiger charge is -2.13. The summed E-state index contributed by atoms with van der Waals surface area (Å²) in [7, 11) is 4.48. The van der Waals surface area contributed by atoms with E-state index in [1.165, 1.54) is 21.3 Å². The first-order valence-electron chi connectivity index (χ1n) is 5.69. The molecule has 0 fully saturated rings. The maximum absolute atomic E-state index is 11.4. The second-order valence-corrected chi connectivity index (χ2v) is 3.86. The van der Waals surface area contributed by atoms with E-state index < -0.39 is 5.56 Å². The van der Waals surface area contributed by atoms with Gasteiger partial charge in [0.2, 0.25) is 5.88 Å². The number of nitrogens with zero attached hydrogens (tertiary/aromatic N) is 1. The topological polar surface area (TPSA) is 93.7 Å². The van der Waals surface area contributed by atoms with Crippen LogP contribution in [0.1, 0.15) is 0 Å². The zero-order valence-corrected chi connectivity index (χ0v) is 11.3. The third-order valence-electron chi connectivity index (χ3n) is 2.69. The molecule has 106 valence electrons. The number of aromatic hydroxyl groups is 1. The summed E-state index contributed by atoms with van der Waals surface area (Å²) in [5, 5.41) is 9.42. The molecule has 0 aliphatic carbocycles. The van der Waals surface area contributed by atoms with Crippen molar-refractivity contribution in [2.75, 3.05) is 21.3 Å². The van der Waals surface area contributed by atoms with Gasteiger partial charge in [-0.2, -0.15) is 4.98 Å². The summed E-state index contributed by atoms with van der Waals surface area (Å²) in [6.07, 6.45) is 0. The standard InChI is InChI=1S/C13H14N2O5/c1-18-8-5-10(20-3)9(19-2)4-7(8)13-14-11(16)6-12(17)15-13/h4-6H,1-3H3,(H2,14,15,16,17). The predicted molar refractivity (Wildman–Crippen MR) is 71.6 cm³/mol. The van der Waals surface area contributed by atoms with Gasteiger partial charge in [0.05, 0.1) is 33.0 Å². The molecule has 0 aliphatic heterocycles. The average Bonchev–Trinajstić information content (AvgIpc) is 2.44. The van der Waals surface area contributed by atoms with Crippen LogP contribution in [-0.4, -0.2) is 36.4 Å². The van der Waals surface area contributed by atoms with Gasteiger partial charge in [0.25, 0.3) is 5.56 Å². The lowest BCUT2D eigenvalue weighted by Crippen LogP contribution is -2.07. The average molecular weight is 278 g/mol. The molecular weight excluding hydrogens is 264 g/mol. The van der Waals surface area contributed by atoms with Gasteiger partial charge >= 0.3 is 0 Å². The Hall–Kier alpha value is -2.70. The summed E-state index contributed by atoms with van der Waals surface area (Å²) in [4.78, 5) is 17.8. The van der Waals surface area contributed by atoms with E-state index in [0.717, 1.165) is 6.07 Å². The largest absolute Gasteiger partial charge is 0.496 e. The van der Waals surface area contributed by atoms with Crippen molar-refractivity contribution in [3.05, 3.63) is 28.6 Å².